The quantitative estimate of drug-likeness (QED) is 0.546. The number of rotatable bonds is 6. The minimum atomic E-state index is -0.473. The van der Waals surface area contributed by atoms with E-state index in [9.17, 15) is 9.59 Å². The molecule has 1 unspecified atom stereocenters. The summed E-state index contributed by atoms with van der Waals surface area (Å²) in [5, 5.41) is 17.9. The van der Waals surface area contributed by atoms with Crippen LogP contribution in [-0.4, -0.2) is 42.0 Å². The van der Waals surface area contributed by atoms with Crippen molar-refractivity contribution in [3.63, 3.8) is 0 Å². The van der Waals surface area contributed by atoms with E-state index in [1.807, 2.05) is 50.3 Å². The molecule has 0 aromatic heterocycles. The number of nitrogens with one attached hydrogen (secondary N) is 4. The van der Waals surface area contributed by atoms with E-state index in [0.29, 0.717) is 17.1 Å². The third kappa shape index (κ3) is 5.15. The Balaban J connectivity index is 1.43. The Labute approximate surface area is 192 Å². The predicted molar refractivity (Wildman–Crippen MR) is 127 cm³/mol. The van der Waals surface area contributed by atoms with Crippen molar-refractivity contribution in [3.8, 4) is 5.75 Å². The van der Waals surface area contributed by atoms with Crippen LogP contribution in [0.25, 0.3) is 0 Å². The topological polar surface area (TPSA) is 107 Å². The van der Waals surface area contributed by atoms with Gasteiger partial charge >= 0.3 is 6.03 Å². The van der Waals surface area contributed by atoms with Gasteiger partial charge < -0.3 is 20.7 Å². The lowest BCUT2D eigenvalue weighted by Gasteiger charge is -2.22. The van der Waals surface area contributed by atoms with E-state index >= 15 is 0 Å². The first kappa shape index (κ1) is 21.9. The van der Waals surface area contributed by atoms with Gasteiger partial charge in [0.15, 0.2) is 0 Å². The summed E-state index contributed by atoms with van der Waals surface area (Å²) in [6, 6.07) is 14.0. The summed E-state index contributed by atoms with van der Waals surface area (Å²) in [7, 11) is 1.62. The molecule has 2 aliphatic rings. The van der Waals surface area contributed by atoms with E-state index in [-0.39, 0.29) is 18.1 Å². The molecule has 3 amide bonds. The molecule has 0 bridgehead atoms. The van der Waals surface area contributed by atoms with Crippen molar-refractivity contribution in [2.24, 2.45) is 5.10 Å². The van der Waals surface area contributed by atoms with Gasteiger partial charge in [-0.1, -0.05) is 24.3 Å². The average molecular weight is 447 g/mol. The van der Waals surface area contributed by atoms with E-state index in [0.717, 1.165) is 17.0 Å². The predicted octanol–water partition coefficient (Wildman–Crippen LogP) is 2.96. The summed E-state index contributed by atoms with van der Waals surface area (Å²) >= 11 is 0. The number of allylic oxidation sites excluding steroid dienone is 1. The molecule has 2 heterocycles. The Morgan fingerprint density at radius 2 is 1.94 bits per heavy atom. The standard InChI is InChI=1S/C24H26N6O3/c1-15(2)25-23(31)18-9-4-5-10-20(18)26-24(32)28-21-14-30-22(27-21)12-11-19(29-30)16-7-6-8-17(13-16)33-3/h4-15,22,27H,1-3H3,(H,25,31)(H2,26,28,32). The zero-order chi connectivity index (χ0) is 23.4. The Bertz CT molecular complexity index is 1150. The number of carbonyl (C=O) groups is 2. The van der Waals surface area contributed by atoms with Crippen molar-refractivity contribution in [1.82, 2.24) is 21.0 Å². The van der Waals surface area contributed by atoms with Gasteiger partial charge in [0.1, 0.15) is 17.7 Å². The molecule has 2 aromatic carbocycles. The van der Waals surface area contributed by atoms with Crippen LogP contribution in [0.1, 0.15) is 29.8 Å². The first-order chi connectivity index (χ1) is 15.9. The summed E-state index contributed by atoms with van der Waals surface area (Å²) in [4.78, 5) is 25.0. The summed E-state index contributed by atoms with van der Waals surface area (Å²) < 4.78 is 5.29. The maximum Gasteiger partial charge on any atom is 0.324 e. The molecule has 0 aliphatic carbocycles. The van der Waals surface area contributed by atoms with Crippen molar-refractivity contribution in [2.75, 3.05) is 12.4 Å². The van der Waals surface area contributed by atoms with E-state index in [1.54, 1.807) is 42.6 Å². The fraction of sp³-hybridized carbons (Fsp3) is 0.208. The number of amides is 3. The van der Waals surface area contributed by atoms with Crippen LogP contribution in [0.15, 0.2) is 77.8 Å². The highest BCUT2D eigenvalue weighted by Crippen LogP contribution is 2.21. The highest BCUT2D eigenvalue weighted by Gasteiger charge is 2.26. The van der Waals surface area contributed by atoms with Gasteiger partial charge in [-0.05, 0) is 50.3 Å². The molecule has 4 N–H and O–H groups in total. The van der Waals surface area contributed by atoms with Gasteiger partial charge in [-0.25, -0.2) is 9.80 Å². The molecule has 9 nitrogen and oxygen atoms in total. The number of hydrazone groups is 1. The normalized spacial score (nSPS) is 16.4. The van der Waals surface area contributed by atoms with Crippen LogP contribution in [0.4, 0.5) is 10.5 Å². The molecule has 0 spiro atoms. The molecule has 4 rings (SSSR count). The highest BCUT2D eigenvalue weighted by molar-refractivity contribution is 6.09. The number of ether oxygens (including phenoxy) is 1. The van der Waals surface area contributed by atoms with E-state index in [2.05, 4.69) is 26.4 Å². The molecular formula is C24H26N6O3. The van der Waals surface area contributed by atoms with E-state index < -0.39 is 6.03 Å². The van der Waals surface area contributed by atoms with Gasteiger partial charge in [-0.3, -0.25) is 10.1 Å². The highest BCUT2D eigenvalue weighted by atomic mass is 16.5. The lowest BCUT2D eigenvalue weighted by molar-refractivity contribution is 0.0944. The van der Waals surface area contributed by atoms with Crippen LogP contribution in [0.2, 0.25) is 0 Å². The van der Waals surface area contributed by atoms with Crippen LogP contribution in [-0.2, 0) is 0 Å². The number of para-hydroxylation sites is 1. The Hall–Kier alpha value is -4.27. The summed E-state index contributed by atoms with van der Waals surface area (Å²) in [6.45, 7) is 3.76. The SMILES string of the molecule is COc1cccc(C2=NN3C=C(NC(=O)Nc4ccccc4C(=O)NC(C)C)NC3C=C2)c1. The molecule has 2 aliphatic heterocycles. The lowest BCUT2D eigenvalue weighted by atomic mass is 10.1. The molecule has 0 radical (unpaired) electrons. The molecule has 1 atom stereocenters. The molecular weight excluding hydrogens is 420 g/mol. The molecule has 2 aromatic rings. The second-order valence-electron chi connectivity index (χ2n) is 7.84. The Kier molecular flexibility index (Phi) is 6.30. The van der Waals surface area contributed by atoms with Gasteiger partial charge in [0.05, 0.1) is 30.3 Å². The number of methoxy groups -OCH3 is 1. The van der Waals surface area contributed by atoms with E-state index in [1.165, 1.54) is 0 Å². The number of carbonyl (C=O) groups excluding carboxylic acids is 2. The van der Waals surface area contributed by atoms with E-state index in [4.69, 9.17) is 4.74 Å². The summed E-state index contributed by atoms with van der Waals surface area (Å²) in [5.41, 5.74) is 2.51. The largest absolute Gasteiger partial charge is 0.497 e. The maximum atomic E-state index is 12.6. The number of anilines is 1. The van der Waals surface area contributed by atoms with Crippen LogP contribution >= 0.6 is 0 Å². The molecule has 170 valence electrons. The van der Waals surface area contributed by atoms with Gasteiger partial charge in [0, 0.05) is 11.6 Å². The minimum absolute atomic E-state index is 0.0138. The third-order valence-electron chi connectivity index (χ3n) is 4.96. The van der Waals surface area contributed by atoms with Crippen LogP contribution in [0.5, 0.6) is 5.75 Å². The summed E-state index contributed by atoms with van der Waals surface area (Å²) in [6.07, 6.45) is 5.38. The first-order valence-corrected chi connectivity index (χ1v) is 10.6. The summed E-state index contributed by atoms with van der Waals surface area (Å²) in [5.74, 6) is 0.991. The maximum absolute atomic E-state index is 12.6. The fourth-order valence-electron chi connectivity index (χ4n) is 3.45. The van der Waals surface area contributed by atoms with Gasteiger partial charge in [-0.15, -0.1) is 0 Å². The number of hydrogen-bond donors (Lipinski definition) is 4. The van der Waals surface area contributed by atoms with Crippen LogP contribution in [0, 0.1) is 0 Å². The van der Waals surface area contributed by atoms with Crippen molar-refractivity contribution >= 4 is 23.3 Å². The average Bonchev–Trinajstić information content (AvgIpc) is 3.20. The fourth-order valence-corrected chi connectivity index (χ4v) is 3.45. The number of benzene rings is 2. The Morgan fingerprint density at radius 1 is 1.12 bits per heavy atom. The lowest BCUT2D eigenvalue weighted by Crippen LogP contribution is -2.39. The number of hydrogen-bond acceptors (Lipinski definition) is 6. The zero-order valence-corrected chi connectivity index (χ0v) is 18.6. The second kappa shape index (κ2) is 9.47. The zero-order valence-electron chi connectivity index (χ0n) is 18.6. The van der Waals surface area contributed by atoms with Gasteiger partial charge in [-0.2, -0.15) is 5.10 Å². The number of nitrogens with zero attached hydrogens (tertiary/aromatic N) is 2. The monoisotopic (exact) mass is 446 g/mol. The first-order valence-electron chi connectivity index (χ1n) is 10.6. The second-order valence-corrected chi connectivity index (χ2v) is 7.84. The Morgan fingerprint density at radius 3 is 2.73 bits per heavy atom. The smallest absolute Gasteiger partial charge is 0.324 e. The molecule has 9 heteroatoms. The van der Waals surface area contributed by atoms with Crippen molar-refractivity contribution < 1.29 is 14.3 Å². The van der Waals surface area contributed by atoms with Gasteiger partial charge in [0.2, 0.25) is 0 Å². The van der Waals surface area contributed by atoms with Gasteiger partial charge in [0.25, 0.3) is 5.91 Å². The van der Waals surface area contributed by atoms with Crippen LogP contribution in [0.3, 0.4) is 0 Å². The van der Waals surface area contributed by atoms with Crippen molar-refractivity contribution in [3.05, 3.63) is 83.8 Å². The molecule has 0 saturated carbocycles. The molecule has 0 fully saturated rings. The van der Waals surface area contributed by atoms with Crippen molar-refractivity contribution in [2.45, 2.75) is 26.1 Å². The number of urea groups is 1. The third-order valence-corrected chi connectivity index (χ3v) is 4.96. The molecule has 0 saturated heterocycles. The van der Waals surface area contributed by atoms with Crippen LogP contribution < -0.4 is 26.0 Å². The molecule has 33 heavy (non-hydrogen) atoms. The number of fused-ring (bicyclic) bond motifs is 1. The van der Waals surface area contributed by atoms with Crippen molar-refractivity contribution in [1.29, 1.82) is 0 Å². The minimum Gasteiger partial charge on any atom is -0.497 e.